The second-order valence-corrected chi connectivity index (χ2v) is 9.54. The molecular formula is C24H32F3N3O3. The molecule has 1 spiro atoms. The summed E-state index contributed by atoms with van der Waals surface area (Å²) in [4.78, 5) is 29.2. The predicted octanol–water partition coefficient (Wildman–Crippen LogP) is 5.08. The second-order valence-electron chi connectivity index (χ2n) is 9.54. The topological polar surface area (TPSA) is 61.9 Å². The molecule has 9 heteroatoms. The van der Waals surface area contributed by atoms with E-state index >= 15 is 0 Å². The summed E-state index contributed by atoms with van der Waals surface area (Å²) in [6.45, 7) is 2.29. The third kappa shape index (κ3) is 5.73. The fraction of sp³-hybridized carbons (Fsp3) is 0.667. The van der Waals surface area contributed by atoms with Crippen LogP contribution in [0.1, 0.15) is 57.8 Å². The molecule has 2 saturated heterocycles. The fourth-order valence-electron chi connectivity index (χ4n) is 5.47. The van der Waals surface area contributed by atoms with Gasteiger partial charge in [-0.15, -0.1) is 13.2 Å². The molecule has 0 aromatic heterocycles. The highest BCUT2D eigenvalue weighted by Crippen LogP contribution is 2.43. The molecule has 6 nitrogen and oxygen atoms in total. The zero-order valence-electron chi connectivity index (χ0n) is 18.8. The van der Waals surface area contributed by atoms with Gasteiger partial charge in [0.2, 0.25) is 5.91 Å². The molecule has 2 aliphatic heterocycles. The van der Waals surface area contributed by atoms with Crippen LogP contribution in [0.3, 0.4) is 0 Å². The summed E-state index contributed by atoms with van der Waals surface area (Å²) in [5.41, 5.74) is 0.0642. The van der Waals surface area contributed by atoms with E-state index in [1.165, 1.54) is 56.4 Å². The van der Waals surface area contributed by atoms with Crippen LogP contribution in [0.25, 0.3) is 0 Å². The van der Waals surface area contributed by atoms with Crippen LogP contribution < -0.4 is 15.0 Å². The SMILES string of the molecule is O=C(NCCC1CCCCC1)N1CCC2(CC1)CCN(c1ccc(OC(F)(F)F)cc1)C2=O. The third-order valence-electron chi connectivity index (χ3n) is 7.46. The molecular weight excluding hydrogens is 435 g/mol. The van der Waals surface area contributed by atoms with Gasteiger partial charge in [0.15, 0.2) is 0 Å². The molecule has 33 heavy (non-hydrogen) atoms. The number of nitrogens with one attached hydrogen (secondary N) is 1. The molecule has 0 radical (unpaired) electrons. The standard InChI is InChI=1S/C24H32F3N3O3/c25-24(26,27)33-20-8-6-19(7-9-20)30-17-13-23(21(30)31)11-15-29(16-12-23)22(32)28-14-10-18-4-2-1-3-5-18/h6-9,18H,1-5,10-17H2,(H,28,32). The van der Waals surface area contributed by atoms with Gasteiger partial charge in [0.05, 0.1) is 5.41 Å². The van der Waals surface area contributed by atoms with Gasteiger partial charge >= 0.3 is 12.4 Å². The minimum atomic E-state index is -4.74. The van der Waals surface area contributed by atoms with Crippen LogP contribution in [-0.4, -0.2) is 49.4 Å². The quantitative estimate of drug-likeness (QED) is 0.657. The molecule has 1 aromatic rings. The second kappa shape index (κ2) is 9.81. The summed E-state index contributed by atoms with van der Waals surface area (Å²) in [6.07, 6.45) is 4.62. The average Bonchev–Trinajstić information content (AvgIpc) is 3.10. The van der Waals surface area contributed by atoms with Crippen LogP contribution in [-0.2, 0) is 4.79 Å². The maximum atomic E-state index is 13.2. The summed E-state index contributed by atoms with van der Waals surface area (Å²) >= 11 is 0. The van der Waals surface area contributed by atoms with E-state index in [-0.39, 0.29) is 17.7 Å². The van der Waals surface area contributed by atoms with Gasteiger partial charge in [-0.05, 0) is 55.9 Å². The van der Waals surface area contributed by atoms with Crippen molar-refractivity contribution in [1.82, 2.24) is 10.2 Å². The van der Waals surface area contributed by atoms with Crippen LogP contribution in [0.5, 0.6) is 5.75 Å². The molecule has 4 rings (SSSR count). The summed E-state index contributed by atoms with van der Waals surface area (Å²) in [5.74, 6) is 0.402. The highest BCUT2D eigenvalue weighted by atomic mass is 19.4. The third-order valence-corrected chi connectivity index (χ3v) is 7.46. The van der Waals surface area contributed by atoms with Crippen molar-refractivity contribution >= 4 is 17.6 Å². The smallest absolute Gasteiger partial charge is 0.406 e. The van der Waals surface area contributed by atoms with E-state index in [2.05, 4.69) is 10.1 Å². The van der Waals surface area contributed by atoms with Crippen molar-refractivity contribution in [2.75, 3.05) is 31.1 Å². The Morgan fingerprint density at radius 1 is 1.03 bits per heavy atom. The Morgan fingerprint density at radius 2 is 1.67 bits per heavy atom. The molecule has 1 aliphatic carbocycles. The molecule has 3 amide bonds. The molecule has 0 bridgehead atoms. The number of carbonyl (C=O) groups is 2. The maximum Gasteiger partial charge on any atom is 0.573 e. The number of halogens is 3. The van der Waals surface area contributed by atoms with Gasteiger partial charge in [0.25, 0.3) is 0 Å². The van der Waals surface area contributed by atoms with Gasteiger partial charge < -0.3 is 19.9 Å². The zero-order chi connectivity index (χ0) is 23.5. The first-order chi connectivity index (χ1) is 15.8. The number of amides is 3. The van der Waals surface area contributed by atoms with E-state index in [0.29, 0.717) is 51.1 Å². The molecule has 3 fully saturated rings. The Morgan fingerprint density at radius 3 is 2.30 bits per heavy atom. The lowest BCUT2D eigenvalue weighted by Gasteiger charge is -2.38. The Hall–Kier alpha value is -2.45. The number of benzene rings is 1. The van der Waals surface area contributed by atoms with E-state index in [4.69, 9.17) is 0 Å². The van der Waals surface area contributed by atoms with Gasteiger partial charge in [0, 0.05) is 31.9 Å². The summed E-state index contributed by atoms with van der Waals surface area (Å²) < 4.78 is 41.0. The minimum absolute atomic E-state index is 0.00986. The lowest BCUT2D eigenvalue weighted by molar-refractivity contribution is -0.274. The number of alkyl halides is 3. The van der Waals surface area contributed by atoms with Crippen molar-refractivity contribution in [3.63, 3.8) is 0 Å². The fourth-order valence-corrected chi connectivity index (χ4v) is 5.47. The minimum Gasteiger partial charge on any atom is -0.406 e. The van der Waals surface area contributed by atoms with Crippen molar-refractivity contribution in [1.29, 1.82) is 0 Å². The number of anilines is 1. The maximum absolute atomic E-state index is 13.2. The lowest BCUT2D eigenvalue weighted by Crippen LogP contribution is -2.49. The van der Waals surface area contributed by atoms with E-state index in [1.54, 1.807) is 9.80 Å². The first-order valence-electron chi connectivity index (χ1n) is 12.0. The van der Waals surface area contributed by atoms with Gasteiger partial charge in [-0.2, -0.15) is 0 Å². The Balaban J connectivity index is 1.26. The normalized spacial score (nSPS) is 21.5. The van der Waals surface area contributed by atoms with Crippen LogP contribution in [0.15, 0.2) is 24.3 Å². The molecule has 3 aliphatic rings. The van der Waals surface area contributed by atoms with Crippen LogP contribution >= 0.6 is 0 Å². The van der Waals surface area contributed by atoms with Crippen molar-refractivity contribution in [2.45, 2.75) is 64.1 Å². The first-order valence-corrected chi connectivity index (χ1v) is 12.0. The summed E-state index contributed by atoms with van der Waals surface area (Å²) in [7, 11) is 0. The molecule has 182 valence electrons. The number of urea groups is 1. The Labute approximate surface area is 192 Å². The molecule has 0 unspecified atom stereocenters. The number of ether oxygens (including phenoxy) is 1. The van der Waals surface area contributed by atoms with Crippen molar-refractivity contribution in [2.24, 2.45) is 11.3 Å². The largest absolute Gasteiger partial charge is 0.573 e. The number of hydrogen-bond acceptors (Lipinski definition) is 3. The first kappa shape index (κ1) is 23.7. The predicted molar refractivity (Wildman–Crippen MR) is 118 cm³/mol. The average molecular weight is 468 g/mol. The highest BCUT2D eigenvalue weighted by Gasteiger charge is 2.49. The highest BCUT2D eigenvalue weighted by molar-refractivity contribution is 6.00. The van der Waals surface area contributed by atoms with E-state index < -0.39 is 11.8 Å². The van der Waals surface area contributed by atoms with Crippen LogP contribution in [0, 0.1) is 11.3 Å². The van der Waals surface area contributed by atoms with Gasteiger partial charge in [-0.25, -0.2) is 4.79 Å². The Kier molecular flexibility index (Phi) is 7.05. The van der Waals surface area contributed by atoms with Gasteiger partial charge in [-0.1, -0.05) is 32.1 Å². The van der Waals surface area contributed by atoms with E-state index in [9.17, 15) is 22.8 Å². The van der Waals surface area contributed by atoms with Crippen LogP contribution in [0.2, 0.25) is 0 Å². The lowest BCUT2D eigenvalue weighted by atomic mass is 9.77. The molecule has 1 N–H and O–H groups in total. The summed E-state index contributed by atoms with van der Waals surface area (Å²) in [5, 5.41) is 3.05. The van der Waals surface area contributed by atoms with Crippen molar-refractivity contribution in [3.05, 3.63) is 24.3 Å². The van der Waals surface area contributed by atoms with E-state index in [1.807, 2.05) is 0 Å². The van der Waals surface area contributed by atoms with Crippen molar-refractivity contribution < 1.29 is 27.5 Å². The number of hydrogen-bond donors (Lipinski definition) is 1. The molecule has 1 saturated carbocycles. The van der Waals surface area contributed by atoms with Gasteiger partial charge in [0.1, 0.15) is 5.75 Å². The molecule has 0 atom stereocenters. The number of piperidine rings is 1. The van der Waals surface area contributed by atoms with E-state index in [0.717, 1.165) is 12.3 Å². The molecule has 2 heterocycles. The number of likely N-dealkylation sites (tertiary alicyclic amines) is 1. The van der Waals surface area contributed by atoms with Crippen molar-refractivity contribution in [3.8, 4) is 5.75 Å². The number of carbonyl (C=O) groups excluding carboxylic acids is 2. The summed E-state index contributed by atoms with van der Waals surface area (Å²) in [6, 6.07) is 5.35. The Bertz CT molecular complexity index is 830. The van der Waals surface area contributed by atoms with Crippen LogP contribution in [0.4, 0.5) is 23.7 Å². The van der Waals surface area contributed by atoms with Gasteiger partial charge in [-0.3, -0.25) is 4.79 Å². The monoisotopic (exact) mass is 467 g/mol. The molecule has 1 aromatic carbocycles. The zero-order valence-corrected chi connectivity index (χ0v) is 18.8. The number of nitrogens with zero attached hydrogens (tertiary/aromatic N) is 2. The number of rotatable bonds is 5.